The summed E-state index contributed by atoms with van der Waals surface area (Å²) in [6.07, 6.45) is 0. The Balaban J connectivity index is 0.000000124. The van der Waals surface area contributed by atoms with E-state index in [4.69, 9.17) is 35.2 Å². The van der Waals surface area contributed by atoms with Crippen molar-refractivity contribution in [1.29, 1.82) is 15.8 Å². The maximum atomic E-state index is 9.23. The molecule has 0 fully saturated rings. The highest BCUT2D eigenvalue weighted by Gasteiger charge is 2.20. The van der Waals surface area contributed by atoms with Gasteiger partial charge in [0.2, 0.25) is 0 Å². The van der Waals surface area contributed by atoms with Crippen LogP contribution in [0.3, 0.4) is 0 Å². The van der Waals surface area contributed by atoms with Crippen molar-refractivity contribution in [2.75, 3.05) is 0 Å². The van der Waals surface area contributed by atoms with E-state index >= 15 is 0 Å². The second-order valence-corrected chi connectivity index (χ2v) is 32.1. The van der Waals surface area contributed by atoms with Crippen LogP contribution >= 0.6 is 0 Å². The van der Waals surface area contributed by atoms with Crippen molar-refractivity contribution in [1.82, 2.24) is 29.9 Å². The predicted molar refractivity (Wildman–Crippen MR) is 540 cm³/mol. The van der Waals surface area contributed by atoms with Crippen LogP contribution in [0.25, 0.3) is 212 Å². The summed E-state index contributed by atoms with van der Waals surface area (Å²) in [4.78, 5) is 30.0. The first-order valence-electron chi connectivity index (χ1n) is 43.8. The highest BCUT2D eigenvalue weighted by molar-refractivity contribution is 6.08. The summed E-state index contributed by atoms with van der Waals surface area (Å²) in [7, 11) is 0. The minimum Gasteiger partial charge on any atom is -0.228 e. The Hall–Kier alpha value is -18.3. The van der Waals surface area contributed by atoms with Crippen LogP contribution < -0.4 is 0 Å². The van der Waals surface area contributed by atoms with Crippen molar-refractivity contribution < 1.29 is 0 Å². The zero-order chi connectivity index (χ0) is 88.9. The molecule has 0 bridgehead atoms. The predicted octanol–water partition coefficient (Wildman–Crippen LogP) is 31.2. The highest BCUT2D eigenvalue weighted by Crippen LogP contribution is 2.43. The van der Waals surface area contributed by atoms with E-state index in [-0.39, 0.29) is 0 Å². The molecule has 0 aliphatic rings. The van der Waals surface area contributed by atoms with Gasteiger partial charge < -0.3 is 0 Å². The second-order valence-electron chi connectivity index (χ2n) is 32.1. The summed E-state index contributed by atoms with van der Waals surface area (Å²) < 4.78 is 0. The lowest BCUT2D eigenvalue weighted by molar-refractivity contribution is 1.18. The number of nitriles is 3. The Labute approximate surface area is 766 Å². The zero-order valence-corrected chi connectivity index (χ0v) is 71.6. The molecule has 9 heteroatoms. The normalized spacial score (nSPS) is 10.9. The third-order valence-corrected chi connectivity index (χ3v) is 23.9. The smallest absolute Gasteiger partial charge is 0.160 e. The largest absolute Gasteiger partial charge is 0.228 e. The van der Waals surface area contributed by atoms with Gasteiger partial charge in [-0.2, -0.15) is 15.8 Å². The van der Waals surface area contributed by atoms with E-state index in [1.54, 1.807) is 0 Å². The molecule has 9 nitrogen and oxygen atoms in total. The van der Waals surface area contributed by atoms with Crippen LogP contribution in [0.5, 0.6) is 0 Å². The van der Waals surface area contributed by atoms with Crippen molar-refractivity contribution >= 4 is 32.3 Å². The first kappa shape index (κ1) is 82.0. The van der Waals surface area contributed by atoms with Crippen LogP contribution in [0.4, 0.5) is 0 Å². The van der Waals surface area contributed by atoms with Crippen LogP contribution in [-0.4, -0.2) is 29.9 Å². The molecule has 132 heavy (non-hydrogen) atoms. The molecule has 0 amide bonds. The maximum absolute atomic E-state index is 9.23. The molecule has 22 rings (SSSR count). The van der Waals surface area contributed by atoms with Crippen LogP contribution in [0.1, 0.15) is 16.7 Å². The van der Waals surface area contributed by atoms with Crippen molar-refractivity contribution in [3.63, 3.8) is 0 Å². The molecular formula is C123H79N9. The molecule has 22 aromatic rings. The van der Waals surface area contributed by atoms with Crippen LogP contribution in [0.2, 0.25) is 0 Å². The van der Waals surface area contributed by atoms with E-state index in [1.807, 2.05) is 182 Å². The minimum absolute atomic E-state index is 0.658. The molecule has 0 aliphatic heterocycles. The Morgan fingerprint density at radius 2 is 0.303 bits per heavy atom. The van der Waals surface area contributed by atoms with Gasteiger partial charge in [-0.25, -0.2) is 29.9 Å². The molecule has 0 radical (unpaired) electrons. The summed E-state index contributed by atoms with van der Waals surface area (Å²) in [5, 5.41) is 34.7. The summed E-state index contributed by atoms with van der Waals surface area (Å²) in [5.74, 6) is 2.09. The van der Waals surface area contributed by atoms with Gasteiger partial charge in [-0.05, 0) is 171 Å². The Kier molecular flexibility index (Phi) is 23.5. The number of hydrogen-bond donors (Lipinski definition) is 0. The summed E-state index contributed by atoms with van der Waals surface area (Å²) in [6, 6.07) is 171. The Morgan fingerprint density at radius 3 is 0.538 bits per heavy atom. The molecule has 0 saturated carbocycles. The summed E-state index contributed by atoms with van der Waals surface area (Å²) >= 11 is 0. The minimum atomic E-state index is 0.658. The number of rotatable bonds is 16. The van der Waals surface area contributed by atoms with E-state index < -0.39 is 0 Å². The van der Waals surface area contributed by atoms with Crippen LogP contribution in [0, 0.1) is 34.0 Å². The monoisotopic (exact) mass is 1680 g/mol. The molecule has 0 spiro atoms. The molecule has 0 saturated heterocycles. The van der Waals surface area contributed by atoms with E-state index in [1.165, 1.54) is 49.0 Å². The van der Waals surface area contributed by atoms with Gasteiger partial charge in [0, 0.05) is 50.1 Å². The first-order valence-corrected chi connectivity index (χ1v) is 43.8. The Bertz CT molecular complexity index is 7890. The number of fused-ring (bicyclic) bond motifs is 3. The lowest BCUT2D eigenvalue weighted by Gasteiger charge is -2.14. The molecule has 0 N–H and O–H groups in total. The fourth-order valence-electron chi connectivity index (χ4n) is 17.1. The van der Waals surface area contributed by atoms with E-state index in [0.29, 0.717) is 34.2 Å². The lowest BCUT2D eigenvalue weighted by atomic mass is 9.91. The van der Waals surface area contributed by atoms with Crippen molar-refractivity contribution in [2.24, 2.45) is 0 Å². The molecule has 0 aliphatic carbocycles. The summed E-state index contributed by atoms with van der Waals surface area (Å²) in [6.45, 7) is 0. The van der Waals surface area contributed by atoms with Gasteiger partial charge in [0.15, 0.2) is 17.5 Å². The van der Waals surface area contributed by atoms with E-state index in [0.717, 1.165) is 145 Å². The molecule has 0 unspecified atom stereocenters. The van der Waals surface area contributed by atoms with Crippen molar-refractivity contribution in [3.8, 4) is 198 Å². The third-order valence-electron chi connectivity index (χ3n) is 23.9. The Morgan fingerprint density at radius 1 is 0.129 bits per heavy atom. The third kappa shape index (κ3) is 17.7. The topological polar surface area (TPSA) is 149 Å². The van der Waals surface area contributed by atoms with E-state index in [2.05, 4.69) is 315 Å². The molecular weight excluding hydrogens is 1600 g/mol. The second kappa shape index (κ2) is 37.8. The van der Waals surface area contributed by atoms with Gasteiger partial charge in [0.1, 0.15) is 0 Å². The van der Waals surface area contributed by atoms with Gasteiger partial charge in [-0.3, -0.25) is 0 Å². The van der Waals surface area contributed by atoms with Crippen molar-refractivity contribution in [2.45, 2.75) is 0 Å². The van der Waals surface area contributed by atoms with E-state index in [9.17, 15) is 10.5 Å². The fourth-order valence-corrected chi connectivity index (χ4v) is 17.1. The maximum Gasteiger partial charge on any atom is 0.160 e. The first-order chi connectivity index (χ1) is 65.3. The summed E-state index contributed by atoms with van der Waals surface area (Å²) in [5.41, 5.74) is 32.5. The standard InChI is InChI=1S/C45H29N3.2C39H25N3/c46-30-31-15-17-32(18-16-31)33-19-21-34(22-20-33)39-27-28-40(42-14-8-7-13-41(39)42)35-23-25-38(26-24-35)45-47-43(36-9-3-1-4-10-36)29-44(48-45)37-11-5-2-6-12-37;40-26-27-18-20-28(21-19-27)33-22-23-34(36-17-8-7-16-35(33)36)31-14-9-15-32(24-31)39-41-37(29-10-3-1-4-11-29)25-38(42-39)30-12-5-2-6-13-30;40-26-27-15-17-28(18-16-27)33-23-24-34(36-14-8-7-13-35(33)36)29-19-21-32(22-20-29)39-41-37(30-9-3-1-4-10-30)25-38(42-39)31-11-5-2-6-12-31/h1-29H;2*1-25H. The highest BCUT2D eigenvalue weighted by atomic mass is 14.9. The number of aromatic nitrogens is 6. The van der Waals surface area contributed by atoms with Gasteiger partial charge in [-0.1, -0.05) is 419 Å². The van der Waals surface area contributed by atoms with Gasteiger partial charge >= 0.3 is 0 Å². The molecule has 0 atom stereocenters. The molecule has 3 heterocycles. The zero-order valence-electron chi connectivity index (χ0n) is 71.6. The van der Waals surface area contributed by atoms with Gasteiger partial charge in [0.05, 0.1) is 69.1 Å². The lowest BCUT2D eigenvalue weighted by Crippen LogP contribution is -1.96. The average molecular weight is 1680 g/mol. The van der Waals surface area contributed by atoms with Crippen LogP contribution in [0.15, 0.2) is 479 Å². The molecule has 616 valence electrons. The fraction of sp³-hybridized carbons (Fsp3) is 0. The number of nitrogens with zero attached hydrogens (tertiary/aromatic N) is 9. The van der Waals surface area contributed by atoms with Crippen LogP contribution in [-0.2, 0) is 0 Å². The quantitative estimate of drug-likeness (QED) is 0.0921. The molecule has 3 aromatic heterocycles. The number of hydrogen-bond acceptors (Lipinski definition) is 9. The molecule has 19 aromatic carbocycles. The van der Waals surface area contributed by atoms with Gasteiger partial charge in [-0.15, -0.1) is 0 Å². The SMILES string of the molecule is N#Cc1ccc(-c2ccc(-c3ccc(-c4ccc(-c5nc(-c6ccccc6)cc(-c6ccccc6)n5)cc4)c4ccccc34)cc2)cc1.N#Cc1ccc(-c2ccc(-c3ccc(-c4nc(-c5ccccc5)cc(-c5ccccc5)n4)cc3)c3ccccc23)cc1.N#Cc1ccc(-c2ccc(-c3cccc(-c4nc(-c5ccccc5)cc(-c5ccccc5)n4)c3)c3ccccc23)cc1. The van der Waals surface area contributed by atoms with Crippen molar-refractivity contribution in [3.05, 3.63) is 496 Å². The number of benzene rings is 19. The average Bonchev–Trinajstić information content (AvgIpc) is 0.776. The van der Waals surface area contributed by atoms with Gasteiger partial charge in [0.25, 0.3) is 0 Å².